The van der Waals surface area contributed by atoms with Gasteiger partial charge in [-0.15, -0.1) is 0 Å². The number of nitrogens with zero attached hydrogens (tertiary/aromatic N) is 1. The lowest BCUT2D eigenvalue weighted by Crippen LogP contribution is -2.39. The van der Waals surface area contributed by atoms with Crippen LogP contribution < -0.4 is 5.73 Å². The summed E-state index contributed by atoms with van der Waals surface area (Å²) in [6.07, 6.45) is 3.75. The van der Waals surface area contributed by atoms with Gasteiger partial charge in [0.15, 0.2) is 0 Å². The average Bonchev–Trinajstić information content (AvgIpc) is 2.73. The van der Waals surface area contributed by atoms with Crippen LogP contribution in [0, 0.1) is 5.92 Å². The molecule has 1 aliphatic heterocycles. The third-order valence-corrected chi connectivity index (χ3v) is 3.86. The molecule has 14 heavy (non-hydrogen) atoms. The molecule has 1 saturated heterocycles. The molecule has 1 aliphatic carbocycles. The van der Waals surface area contributed by atoms with E-state index in [1.54, 1.807) is 0 Å². The fourth-order valence-corrected chi connectivity index (χ4v) is 2.19. The molecule has 0 aromatic rings. The van der Waals surface area contributed by atoms with Crippen molar-refractivity contribution in [1.82, 2.24) is 4.90 Å². The molecule has 0 aromatic carbocycles. The van der Waals surface area contributed by atoms with Gasteiger partial charge in [0.25, 0.3) is 0 Å². The SMILES string of the molecule is CC1CCN(C(=O)CC2(N)CC2)C1C. The lowest BCUT2D eigenvalue weighted by atomic mass is 10.0. The number of hydrogen-bond donors (Lipinski definition) is 1. The molecule has 1 amide bonds. The molecule has 2 N–H and O–H groups in total. The van der Waals surface area contributed by atoms with Crippen molar-refractivity contribution in [2.24, 2.45) is 11.7 Å². The highest BCUT2D eigenvalue weighted by atomic mass is 16.2. The summed E-state index contributed by atoms with van der Waals surface area (Å²) in [6.45, 7) is 5.29. The smallest absolute Gasteiger partial charge is 0.224 e. The molecule has 1 saturated carbocycles. The summed E-state index contributed by atoms with van der Waals surface area (Å²) in [6, 6.07) is 0.407. The zero-order chi connectivity index (χ0) is 10.3. The van der Waals surface area contributed by atoms with Crippen molar-refractivity contribution in [3.8, 4) is 0 Å². The number of nitrogens with two attached hydrogens (primary N) is 1. The number of hydrogen-bond acceptors (Lipinski definition) is 2. The number of likely N-dealkylation sites (tertiary alicyclic amines) is 1. The molecule has 0 aromatic heterocycles. The quantitative estimate of drug-likeness (QED) is 0.719. The van der Waals surface area contributed by atoms with E-state index < -0.39 is 0 Å². The summed E-state index contributed by atoms with van der Waals surface area (Å²) in [4.78, 5) is 13.9. The number of rotatable bonds is 2. The van der Waals surface area contributed by atoms with Gasteiger partial charge in [-0.3, -0.25) is 4.79 Å². The van der Waals surface area contributed by atoms with Gasteiger partial charge in [0.05, 0.1) is 0 Å². The molecule has 2 atom stereocenters. The first-order chi connectivity index (χ1) is 6.52. The van der Waals surface area contributed by atoms with E-state index in [0.29, 0.717) is 18.4 Å². The van der Waals surface area contributed by atoms with Crippen molar-refractivity contribution in [3.05, 3.63) is 0 Å². The number of carbonyl (C=O) groups is 1. The van der Waals surface area contributed by atoms with Crippen LogP contribution in [0.4, 0.5) is 0 Å². The van der Waals surface area contributed by atoms with Gasteiger partial charge < -0.3 is 10.6 Å². The largest absolute Gasteiger partial charge is 0.340 e. The maximum atomic E-state index is 11.9. The molecule has 2 aliphatic rings. The lowest BCUT2D eigenvalue weighted by molar-refractivity contribution is -0.132. The first kappa shape index (κ1) is 9.97. The van der Waals surface area contributed by atoms with Crippen molar-refractivity contribution >= 4 is 5.91 Å². The second-order valence-corrected chi connectivity index (χ2v) is 5.13. The summed E-state index contributed by atoms with van der Waals surface area (Å²) < 4.78 is 0. The number of amides is 1. The Morgan fingerprint density at radius 3 is 2.57 bits per heavy atom. The molecule has 1 heterocycles. The Bertz CT molecular complexity index is 248. The molecular formula is C11H20N2O. The molecule has 80 valence electrons. The molecule has 3 nitrogen and oxygen atoms in total. The fourth-order valence-electron chi connectivity index (χ4n) is 2.19. The molecule has 0 radical (unpaired) electrons. The summed E-state index contributed by atoms with van der Waals surface area (Å²) in [7, 11) is 0. The van der Waals surface area contributed by atoms with Crippen molar-refractivity contribution in [3.63, 3.8) is 0 Å². The summed E-state index contributed by atoms with van der Waals surface area (Å²) >= 11 is 0. The molecule has 3 heteroatoms. The molecule has 2 unspecified atom stereocenters. The van der Waals surface area contributed by atoms with E-state index in [1.165, 1.54) is 0 Å². The first-order valence-electron chi connectivity index (χ1n) is 5.60. The Morgan fingerprint density at radius 2 is 2.14 bits per heavy atom. The van der Waals surface area contributed by atoms with E-state index in [4.69, 9.17) is 5.73 Å². The minimum absolute atomic E-state index is 0.136. The molecular weight excluding hydrogens is 176 g/mol. The predicted octanol–water partition coefficient (Wildman–Crippen LogP) is 1.12. The predicted molar refractivity (Wildman–Crippen MR) is 55.7 cm³/mol. The monoisotopic (exact) mass is 196 g/mol. The van der Waals surface area contributed by atoms with Gasteiger partial charge >= 0.3 is 0 Å². The molecule has 2 rings (SSSR count). The maximum Gasteiger partial charge on any atom is 0.224 e. The molecule has 2 fully saturated rings. The minimum Gasteiger partial charge on any atom is -0.340 e. The fraction of sp³-hybridized carbons (Fsp3) is 0.909. The summed E-state index contributed by atoms with van der Waals surface area (Å²) in [5.41, 5.74) is 5.81. The van der Waals surface area contributed by atoms with Crippen LogP contribution in [0.1, 0.15) is 39.5 Å². The summed E-state index contributed by atoms with van der Waals surface area (Å²) in [5, 5.41) is 0. The van der Waals surface area contributed by atoms with E-state index >= 15 is 0 Å². The third kappa shape index (κ3) is 1.78. The topological polar surface area (TPSA) is 46.3 Å². The molecule has 0 spiro atoms. The van der Waals surface area contributed by atoms with Crippen LogP contribution in [0.15, 0.2) is 0 Å². The van der Waals surface area contributed by atoms with Gasteiger partial charge in [-0.1, -0.05) is 6.92 Å². The second kappa shape index (κ2) is 3.23. The Morgan fingerprint density at radius 1 is 1.50 bits per heavy atom. The van der Waals surface area contributed by atoms with Gasteiger partial charge in [-0.05, 0) is 32.1 Å². The van der Waals surface area contributed by atoms with E-state index in [1.807, 2.05) is 4.90 Å². The van der Waals surface area contributed by atoms with Crippen LogP contribution in [-0.4, -0.2) is 28.9 Å². The minimum atomic E-state index is -0.136. The first-order valence-corrected chi connectivity index (χ1v) is 5.60. The Labute approximate surface area is 85.6 Å². The second-order valence-electron chi connectivity index (χ2n) is 5.13. The van der Waals surface area contributed by atoms with Gasteiger partial charge in [0.2, 0.25) is 5.91 Å². The number of carbonyl (C=O) groups excluding carboxylic acids is 1. The standard InChI is InChI=1S/C11H20N2O/c1-8-3-6-13(9(8)2)10(14)7-11(12)4-5-11/h8-9H,3-7,12H2,1-2H3. The highest BCUT2D eigenvalue weighted by Crippen LogP contribution is 2.37. The van der Waals surface area contributed by atoms with E-state index in [-0.39, 0.29) is 11.4 Å². The Kier molecular flexibility index (Phi) is 2.30. The van der Waals surface area contributed by atoms with Crippen LogP contribution in [-0.2, 0) is 4.79 Å². The Balaban J connectivity index is 1.91. The van der Waals surface area contributed by atoms with E-state index in [9.17, 15) is 4.79 Å². The van der Waals surface area contributed by atoms with Crippen LogP contribution >= 0.6 is 0 Å². The molecule has 0 bridgehead atoms. The van der Waals surface area contributed by atoms with Crippen molar-refractivity contribution in [2.45, 2.75) is 51.1 Å². The normalized spacial score (nSPS) is 34.6. The van der Waals surface area contributed by atoms with Crippen LogP contribution in [0.25, 0.3) is 0 Å². The zero-order valence-corrected chi connectivity index (χ0v) is 9.12. The maximum absolute atomic E-state index is 11.9. The van der Waals surface area contributed by atoms with E-state index in [2.05, 4.69) is 13.8 Å². The van der Waals surface area contributed by atoms with Crippen molar-refractivity contribution in [1.29, 1.82) is 0 Å². The highest BCUT2D eigenvalue weighted by molar-refractivity contribution is 5.78. The van der Waals surface area contributed by atoms with E-state index in [0.717, 1.165) is 25.8 Å². The van der Waals surface area contributed by atoms with Crippen LogP contribution in [0.3, 0.4) is 0 Å². The third-order valence-electron chi connectivity index (χ3n) is 3.86. The average molecular weight is 196 g/mol. The van der Waals surface area contributed by atoms with Crippen molar-refractivity contribution < 1.29 is 4.79 Å². The lowest BCUT2D eigenvalue weighted by Gasteiger charge is -2.24. The van der Waals surface area contributed by atoms with Gasteiger partial charge in [0.1, 0.15) is 0 Å². The van der Waals surface area contributed by atoms with Crippen LogP contribution in [0.2, 0.25) is 0 Å². The summed E-state index contributed by atoms with van der Waals surface area (Å²) in [5.74, 6) is 0.911. The highest BCUT2D eigenvalue weighted by Gasteiger charge is 2.42. The zero-order valence-electron chi connectivity index (χ0n) is 9.12. The van der Waals surface area contributed by atoms with Crippen LogP contribution in [0.5, 0.6) is 0 Å². The van der Waals surface area contributed by atoms with Crippen molar-refractivity contribution in [2.75, 3.05) is 6.54 Å². The van der Waals surface area contributed by atoms with Gasteiger partial charge in [-0.2, -0.15) is 0 Å². The van der Waals surface area contributed by atoms with Gasteiger partial charge in [0, 0.05) is 24.5 Å². The van der Waals surface area contributed by atoms with Gasteiger partial charge in [-0.25, -0.2) is 0 Å². The Hall–Kier alpha value is -0.570.